The van der Waals surface area contributed by atoms with Crippen LogP contribution in [0.25, 0.3) is 5.69 Å². The second-order valence-corrected chi connectivity index (χ2v) is 6.57. The smallest absolute Gasteiger partial charge is 0.338 e. The molecular weight excluding hydrogens is 292 g/mol. The number of carbonyl (C=O) groups is 1. The summed E-state index contributed by atoms with van der Waals surface area (Å²) in [6, 6.07) is 6.02. The van der Waals surface area contributed by atoms with E-state index >= 15 is 0 Å². The number of nitrogens with zero attached hydrogens (tertiary/aromatic N) is 4. The third-order valence-corrected chi connectivity index (χ3v) is 4.81. The van der Waals surface area contributed by atoms with Gasteiger partial charge in [0, 0.05) is 12.6 Å². The maximum Gasteiger partial charge on any atom is 0.364 e. The normalized spacial score (nSPS) is 21.2. The van der Waals surface area contributed by atoms with Crippen LogP contribution in [0, 0.1) is 13.8 Å². The molecule has 1 saturated heterocycles. The molecule has 0 bridgehead atoms. The molecule has 0 spiro atoms. The molecule has 2 fully saturated rings. The zero-order valence-corrected chi connectivity index (χ0v) is 13.4. The van der Waals surface area contributed by atoms with Crippen molar-refractivity contribution >= 4 is 5.91 Å². The average Bonchev–Trinajstić information content (AvgIpc) is 3.20. The Morgan fingerprint density at radius 3 is 2.65 bits per heavy atom. The molecule has 4 rings (SSSR count). The van der Waals surface area contributed by atoms with E-state index in [4.69, 9.17) is 0 Å². The van der Waals surface area contributed by atoms with Crippen molar-refractivity contribution in [3.8, 4) is 5.69 Å². The minimum absolute atomic E-state index is 0.0571. The van der Waals surface area contributed by atoms with Crippen molar-refractivity contribution in [3.05, 3.63) is 46.1 Å². The van der Waals surface area contributed by atoms with Crippen molar-refractivity contribution in [3.63, 3.8) is 0 Å². The first-order valence-electron chi connectivity index (χ1n) is 8.10. The molecule has 120 valence electrons. The number of carbonyl (C=O) groups excluding carboxylic acids is 1. The largest absolute Gasteiger partial charge is 0.364 e. The number of likely N-dealkylation sites (tertiary alicyclic amines) is 1. The Hall–Kier alpha value is -2.37. The first-order chi connectivity index (χ1) is 11.1. The lowest BCUT2D eigenvalue weighted by molar-refractivity contribution is -0.131. The molecule has 0 radical (unpaired) electrons. The van der Waals surface area contributed by atoms with Gasteiger partial charge >= 0.3 is 5.69 Å². The molecule has 1 aliphatic carbocycles. The summed E-state index contributed by atoms with van der Waals surface area (Å²) in [7, 11) is 0. The van der Waals surface area contributed by atoms with E-state index in [0.717, 1.165) is 36.2 Å². The zero-order chi connectivity index (χ0) is 16.1. The molecular formula is C17H20N4O2. The molecule has 1 atom stereocenters. The van der Waals surface area contributed by atoms with E-state index in [2.05, 4.69) is 4.98 Å². The zero-order valence-electron chi connectivity index (χ0n) is 13.4. The maximum atomic E-state index is 12.7. The standard InChI is InChI=1S/C17H20N4O2/c1-11-3-4-12(2)15(9-11)20-10-18-17(23)21(20)14-7-8-19(16(14)22)13-5-6-13/h3-4,9-10,13-14H,5-8H2,1-2H3. The first-order valence-corrected chi connectivity index (χ1v) is 8.10. The van der Waals surface area contributed by atoms with E-state index in [1.807, 2.05) is 36.9 Å². The highest BCUT2D eigenvalue weighted by Crippen LogP contribution is 2.34. The molecule has 2 aliphatic rings. The van der Waals surface area contributed by atoms with Gasteiger partial charge in [0.1, 0.15) is 12.4 Å². The average molecular weight is 312 g/mol. The lowest BCUT2D eigenvalue weighted by Crippen LogP contribution is -2.35. The summed E-state index contributed by atoms with van der Waals surface area (Å²) in [5, 5.41) is 0. The van der Waals surface area contributed by atoms with Crippen molar-refractivity contribution in [2.75, 3.05) is 6.54 Å². The number of amides is 1. The van der Waals surface area contributed by atoms with Crippen molar-refractivity contribution in [2.24, 2.45) is 0 Å². The van der Waals surface area contributed by atoms with Crippen molar-refractivity contribution in [1.82, 2.24) is 19.2 Å². The van der Waals surface area contributed by atoms with Gasteiger partial charge in [-0.15, -0.1) is 0 Å². The van der Waals surface area contributed by atoms with Crippen molar-refractivity contribution in [2.45, 2.75) is 45.2 Å². The lowest BCUT2D eigenvalue weighted by Gasteiger charge is -2.19. The van der Waals surface area contributed by atoms with E-state index in [1.165, 1.54) is 11.0 Å². The minimum atomic E-state index is -0.439. The van der Waals surface area contributed by atoms with Crippen LogP contribution in [0.15, 0.2) is 29.3 Å². The van der Waals surface area contributed by atoms with E-state index in [1.54, 1.807) is 4.68 Å². The Morgan fingerprint density at radius 1 is 1.13 bits per heavy atom. The Kier molecular flexibility index (Phi) is 3.14. The van der Waals surface area contributed by atoms with Crippen LogP contribution in [0.3, 0.4) is 0 Å². The summed E-state index contributed by atoms with van der Waals surface area (Å²) in [4.78, 5) is 30.8. The Balaban J connectivity index is 1.78. The predicted octanol–water partition coefficient (Wildman–Crippen LogP) is 1.59. The molecule has 1 aromatic carbocycles. The molecule has 6 heteroatoms. The van der Waals surface area contributed by atoms with Gasteiger partial charge in [0.2, 0.25) is 5.91 Å². The number of hydrogen-bond donors (Lipinski definition) is 0. The number of hydrogen-bond acceptors (Lipinski definition) is 3. The van der Waals surface area contributed by atoms with Gasteiger partial charge < -0.3 is 4.90 Å². The van der Waals surface area contributed by atoms with Gasteiger partial charge in [-0.2, -0.15) is 4.98 Å². The topological polar surface area (TPSA) is 60.1 Å². The maximum absolute atomic E-state index is 12.7. The fourth-order valence-corrected chi connectivity index (χ4v) is 3.40. The Bertz CT molecular complexity index is 831. The van der Waals surface area contributed by atoms with Crippen LogP contribution in [0.1, 0.15) is 36.4 Å². The first kappa shape index (κ1) is 14.2. The summed E-state index contributed by atoms with van der Waals surface area (Å²) >= 11 is 0. The second-order valence-electron chi connectivity index (χ2n) is 6.57. The molecule has 1 aliphatic heterocycles. The van der Waals surface area contributed by atoms with Crippen LogP contribution in [-0.2, 0) is 4.79 Å². The quantitative estimate of drug-likeness (QED) is 0.864. The highest BCUT2D eigenvalue weighted by Gasteiger charge is 2.42. The Labute approximate surface area is 134 Å². The van der Waals surface area contributed by atoms with Gasteiger partial charge in [0.15, 0.2) is 0 Å². The second kappa shape index (κ2) is 5.08. The summed E-state index contributed by atoms with van der Waals surface area (Å²) in [5.41, 5.74) is 2.70. The third kappa shape index (κ3) is 2.29. The highest BCUT2D eigenvalue weighted by molar-refractivity contribution is 5.83. The lowest BCUT2D eigenvalue weighted by atomic mass is 10.1. The van der Waals surface area contributed by atoms with E-state index in [9.17, 15) is 9.59 Å². The van der Waals surface area contributed by atoms with Crippen molar-refractivity contribution in [1.29, 1.82) is 0 Å². The minimum Gasteiger partial charge on any atom is -0.338 e. The fourth-order valence-electron chi connectivity index (χ4n) is 3.40. The van der Waals surface area contributed by atoms with E-state index in [-0.39, 0.29) is 11.6 Å². The van der Waals surface area contributed by atoms with E-state index < -0.39 is 6.04 Å². The summed E-state index contributed by atoms with van der Waals surface area (Å²) < 4.78 is 3.26. The number of aromatic nitrogens is 3. The highest BCUT2D eigenvalue weighted by atomic mass is 16.2. The summed E-state index contributed by atoms with van der Waals surface area (Å²) in [6.07, 6.45) is 4.37. The molecule has 2 aromatic rings. The molecule has 6 nitrogen and oxygen atoms in total. The van der Waals surface area contributed by atoms with Crippen LogP contribution in [0.2, 0.25) is 0 Å². The number of aryl methyl sites for hydroxylation is 2. The van der Waals surface area contributed by atoms with Gasteiger partial charge in [0.25, 0.3) is 0 Å². The molecule has 1 aromatic heterocycles. The van der Waals surface area contributed by atoms with Crippen molar-refractivity contribution < 1.29 is 4.79 Å². The van der Waals surface area contributed by atoms with Crippen LogP contribution in [-0.4, -0.2) is 37.7 Å². The van der Waals surface area contributed by atoms with E-state index in [0.29, 0.717) is 12.5 Å². The van der Waals surface area contributed by atoms with Crippen LogP contribution < -0.4 is 5.69 Å². The summed E-state index contributed by atoms with van der Waals surface area (Å²) in [6.45, 7) is 4.74. The summed E-state index contributed by atoms with van der Waals surface area (Å²) in [5.74, 6) is 0.0571. The molecule has 1 saturated carbocycles. The molecule has 1 unspecified atom stereocenters. The van der Waals surface area contributed by atoms with Gasteiger partial charge in [0.05, 0.1) is 5.69 Å². The Morgan fingerprint density at radius 2 is 1.91 bits per heavy atom. The molecule has 1 amide bonds. The number of benzene rings is 1. The van der Waals surface area contributed by atoms with Crippen LogP contribution >= 0.6 is 0 Å². The fraction of sp³-hybridized carbons (Fsp3) is 0.471. The van der Waals surface area contributed by atoms with Crippen LogP contribution in [0.5, 0.6) is 0 Å². The van der Waals surface area contributed by atoms with Gasteiger partial charge in [-0.3, -0.25) is 4.79 Å². The van der Waals surface area contributed by atoms with Gasteiger partial charge in [-0.05, 0) is 50.3 Å². The number of rotatable bonds is 3. The third-order valence-electron chi connectivity index (χ3n) is 4.81. The predicted molar refractivity (Wildman–Crippen MR) is 85.7 cm³/mol. The molecule has 23 heavy (non-hydrogen) atoms. The monoisotopic (exact) mass is 312 g/mol. The molecule has 0 N–H and O–H groups in total. The van der Waals surface area contributed by atoms with Crippen LogP contribution in [0.4, 0.5) is 0 Å². The van der Waals surface area contributed by atoms with Gasteiger partial charge in [-0.1, -0.05) is 12.1 Å². The molecule has 2 heterocycles. The van der Waals surface area contributed by atoms with Gasteiger partial charge in [-0.25, -0.2) is 14.2 Å². The SMILES string of the molecule is Cc1ccc(C)c(-n2cnc(=O)n2C2CCN(C3CC3)C2=O)c1.